The van der Waals surface area contributed by atoms with Crippen molar-refractivity contribution in [1.82, 2.24) is 9.55 Å². The van der Waals surface area contributed by atoms with E-state index in [4.69, 9.17) is 9.84 Å². The molecule has 9 heteroatoms. The second-order valence-corrected chi connectivity index (χ2v) is 3.75. The maximum absolute atomic E-state index is 11.4. The van der Waals surface area contributed by atoms with Crippen LogP contribution in [0.1, 0.15) is 6.23 Å². The van der Waals surface area contributed by atoms with Gasteiger partial charge in [-0.25, -0.2) is 4.79 Å². The molecule has 0 unspecified atom stereocenters. The standard InChI is InChI=1S/C9H12N2O6.P/c12-3-4-6(14)7(15)8(17-4)11-2-1-5(13)10-9(11)16;/h1-2,4,6-8,12,14-15H,3H2,(H,10,13,16);/t4-,6-,7-,8-;/m1./s1. The van der Waals surface area contributed by atoms with Crippen LogP contribution in [0.4, 0.5) is 0 Å². The number of aromatic amines is 1. The van der Waals surface area contributed by atoms with E-state index in [1.807, 2.05) is 4.98 Å². The van der Waals surface area contributed by atoms with E-state index >= 15 is 0 Å². The second kappa shape index (κ2) is 5.73. The van der Waals surface area contributed by atoms with Crippen LogP contribution < -0.4 is 11.2 Å². The van der Waals surface area contributed by atoms with Crippen molar-refractivity contribution in [3.05, 3.63) is 33.1 Å². The van der Waals surface area contributed by atoms with Crippen molar-refractivity contribution in [2.45, 2.75) is 24.5 Å². The van der Waals surface area contributed by atoms with Crippen LogP contribution in [0.3, 0.4) is 0 Å². The molecule has 0 saturated carbocycles. The molecule has 1 aromatic rings. The molecule has 0 spiro atoms. The first kappa shape index (κ1) is 15.0. The number of hydrogen-bond acceptors (Lipinski definition) is 6. The number of aliphatic hydroxyl groups is 3. The summed E-state index contributed by atoms with van der Waals surface area (Å²) >= 11 is 0. The minimum atomic E-state index is -1.35. The molecule has 1 fully saturated rings. The lowest BCUT2D eigenvalue weighted by atomic mass is 10.1. The molecule has 3 radical (unpaired) electrons. The van der Waals surface area contributed by atoms with Crippen LogP contribution in [0.5, 0.6) is 0 Å². The number of nitrogens with zero attached hydrogens (tertiary/aromatic N) is 1. The van der Waals surface area contributed by atoms with Gasteiger partial charge in [-0.1, -0.05) is 0 Å². The van der Waals surface area contributed by atoms with Gasteiger partial charge < -0.3 is 20.1 Å². The minimum absolute atomic E-state index is 0. The zero-order valence-corrected chi connectivity index (χ0v) is 10.0. The number of rotatable bonds is 2. The number of hydrogen-bond donors (Lipinski definition) is 4. The van der Waals surface area contributed by atoms with Gasteiger partial charge in [-0.15, -0.1) is 0 Å². The summed E-state index contributed by atoms with van der Waals surface area (Å²) in [5, 5.41) is 28.1. The van der Waals surface area contributed by atoms with E-state index in [2.05, 4.69) is 0 Å². The first-order valence-corrected chi connectivity index (χ1v) is 4.98. The van der Waals surface area contributed by atoms with Crippen molar-refractivity contribution in [3.8, 4) is 0 Å². The third kappa shape index (κ3) is 2.52. The summed E-state index contributed by atoms with van der Waals surface area (Å²) in [6.45, 7) is -0.479. The summed E-state index contributed by atoms with van der Waals surface area (Å²) < 4.78 is 6.08. The summed E-state index contributed by atoms with van der Waals surface area (Å²) in [6.07, 6.45) is -3.58. The highest BCUT2D eigenvalue weighted by Crippen LogP contribution is 2.27. The quantitative estimate of drug-likeness (QED) is 0.463. The first-order chi connectivity index (χ1) is 8.04. The molecule has 8 nitrogen and oxygen atoms in total. The van der Waals surface area contributed by atoms with Crippen LogP contribution in [0.25, 0.3) is 0 Å². The van der Waals surface area contributed by atoms with E-state index < -0.39 is 42.4 Å². The molecule has 0 bridgehead atoms. The van der Waals surface area contributed by atoms with Gasteiger partial charge >= 0.3 is 5.69 Å². The topological polar surface area (TPSA) is 125 Å². The fourth-order valence-corrected chi connectivity index (χ4v) is 1.74. The van der Waals surface area contributed by atoms with E-state index in [-0.39, 0.29) is 9.90 Å². The van der Waals surface area contributed by atoms with Gasteiger partial charge in [-0.2, -0.15) is 0 Å². The molecule has 4 N–H and O–H groups in total. The van der Waals surface area contributed by atoms with E-state index in [9.17, 15) is 19.8 Å². The molecule has 18 heavy (non-hydrogen) atoms. The first-order valence-electron chi connectivity index (χ1n) is 4.98. The Balaban J connectivity index is 0.00000162. The second-order valence-electron chi connectivity index (χ2n) is 3.75. The molecular weight excluding hydrogens is 263 g/mol. The Morgan fingerprint density at radius 3 is 2.50 bits per heavy atom. The largest absolute Gasteiger partial charge is 0.394 e. The number of nitrogens with one attached hydrogen (secondary N) is 1. The predicted molar refractivity (Wildman–Crippen MR) is 61.3 cm³/mol. The molecule has 1 aliphatic heterocycles. The van der Waals surface area contributed by atoms with Crippen LogP contribution in [0.2, 0.25) is 0 Å². The Bertz CT molecular complexity index is 514. The molecule has 0 aromatic carbocycles. The molecule has 2 heterocycles. The van der Waals surface area contributed by atoms with E-state index in [1.54, 1.807) is 0 Å². The number of aliphatic hydroxyl groups excluding tert-OH is 3. The smallest absolute Gasteiger partial charge is 0.330 e. The maximum Gasteiger partial charge on any atom is 0.330 e. The normalized spacial score (nSPS) is 31.1. The zero-order valence-electron chi connectivity index (χ0n) is 9.13. The van der Waals surface area contributed by atoms with Gasteiger partial charge in [-0.05, 0) is 0 Å². The fraction of sp³-hybridized carbons (Fsp3) is 0.556. The van der Waals surface area contributed by atoms with Crippen LogP contribution in [-0.2, 0) is 4.74 Å². The maximum atomic E-state index is 11.4. The molecule has 4 atom stereocenters. The average molecular weight is 275 g/mol. The number of ether oxygens (including phenoxy) is 1. The SMILES string of the molecule is O=c1ccn([C@@H]2O[C@H](CO)[C@@H](O)[C@H]2O)c(=O)[nH]1.[P]. The van der Waals surface area contributed by atoms with Gasteiger partial charge in [0.25, 0.3) is 5.56 Å². The zero-order chi connectivity index (χ0) is 12.6. The summed E-state index contributed by atoms with van der Waals surface area (Å²) in [7, 11) is 0. The highest BCUT2D eigenvalue weighted by atomic mass is 31.0. The van der Waals surface area contributed by atoms with E-state index in [0.717, 1.165) is 16.8 Å². The molecule has 1 aromatic heterocycles. The van der Waals surface area contributed by atoms with Crippen molar-refractivity contribution in [3.63, 3.8) is 0 Å². The van der Waals surface area contributed by atoms with Gasteiger partial charge in [0.2, 0.25) is 0 Å². The lowest BCUT2D eigenvalue weighted by Crippen LogP contribution is -2.37. The van der Waals surface area contributed by atoms with Gasteiger partial charge in [0.05, 0.1) is 6.61 Å². The van der Waals surface area contributed by atoms with Crippen LogP contribution in [0.15, 0.2) is 21.9 Å². The van der Waals surface area contributed by atoms with E-state index in [1.165, 1.54) is 0 Å². The van der Waals surface area contributed by atoms with Crippen LogP contribution in [-0.4, -0.2) is 49.8 Å². The third-order valence-electron chi connectivity index (χ3n) is 2.64. The molecule has 1 aliphatic rings. The van der Waals surface area contributed by atoms with Gasteiger partial charge in [0.15, 0.2) is 6.23 Å². The summed E-state index contributed by atoms with van der Waals surface area (Å²) in [5.74, 6) is 0. The predicted octanol–water partition coefficient (Wildman–Crippen LogP) is -1.99. The molecule has 2 rings (SSSR count). The highest BCUT2D eigenvalue weighted by Gasteiger charge is 2.43. The highest BCUT2D eigenvalue weighted by molar-refractivity contribution is 6.92. The lowest BCUT2D eigenvalue weighted by Gasteiger charge is -2.16. The van der Waals surface area contributed by atoms with Crippen molar-refractivity contribution < 1.29 is 20.1 Å². The minimum Gasteiger partial charge on any atom is -0.394 e. The lowest BCUT2D eigenvalue weighted by molar-refractivity contribution is -0.0550. The molecule has 99 valence electrons. The van der Waals surface area contributed by atoms with E-state index in [0.29, 0.717) is 0 Å². The Labute approximate surface area is 104 Å². The molecule has 0 amide bonds. The third-order valence-corrected chi connectivity index (χ3v) is 2.64. The average Bonchev–Trinajstić information content (AvgIpc) is 2.57. The van der Waals surface area contributed by atoms with Crippen LogP contribution in [0, 0.1) is 0 Å². The van der Waals surface area contributed by atoms with Gasteiger partial charge in [-0.3, -0.25) is 14.3 Å². The summed E-state index contributed by atoms with van der Waals surface area (Å²) in [4.78, 5) is 24.3. The van der Waals surface area contributed by atoms with Crippen molar-refractivity contribution in [2.75, 3.05) is 6.61 Å². The molecule has 1 saturated heterocycles. The number of aromatic nitrogens is 2. The Morgan fingerprint density at radius 2 is 2.00 bits per heavy atom. The molecule has 0 aliphatic carbocycles. The Morgan fingerprint density at radius 1 is 1.33 bits per heavy atom. The fourth-order valence-electron chi connectivity index (χ4n) is 1.74. The summed E-state index contributed by atoms with van der Waals surface area (Å²) in [6, 6.07) is 1.09. The van der Waals surface area contributed by atoms with Crippen LogP contribution >= 0.6 is 9.90 Å². The van der Waals surface area contributed by atoms with Crippen molar-refractivity contribution in [2.24, 2.45) is 0 Å². The monoisotopic (exact) mass is 275 g/mol. The molecular formula is C9H12N2O6P. The van der Waals surface area contributed by atoms with Gasteiger partial charge in [0, 0.05) is 22.2 Å². The van der Waals surface area contributed by atoms with Crippen molar-refractivity contribution >= 4 is 9.90 Å². The Hall–Kier alpha value is -1.05. The Kier molecular flexibility index (Phi) is 4.78. The number of H-pyrrole nitrogens is 1. The summed E-state index contributed by atoms with van der Waals surface area (Å²) in [5.41, 5.74) is -1.33. The van der Waals surface area contributed by atoms with Gasteiger partial charge in [0.1, 0.15) is 18.3 Å². The van der Waals surface area contributed by atoms with Crippen molar-refractivity contribution in [1.29, 1.82) is 0 Å².